The molecule has 0 bridgehead atoms. The topological polar surface area (TPSA) is 66.8 Å². The lowest BCUT2D eigenvalue weighted by atomic mass is 10.0. The zero-order valence-corrected chi connectivity index (χ0v) is 11.9. The van der Waals surface area contributed by atoms with Gasteiger partial charge in [0.15, 0.2) is 6.10 Å². The number of rotatable bonds is 3. The second-order valence-corrected chi connectivity index (χ2v) is 5.67. The third-order valence-electron chi connectivity index (χ3n) is 4.21. The summed E-state index contributed by atoms with van der Waals surface area (Å²) >= 11 is 0. The Kier molecular flexibility index (Phi) is 3.92. The molecule has 1 aliphatic heterocycles. The third-order valence-corrected chi connectivity index (χ3v) is 4.21. The molecular formula is C16H19NO4. The van der Waals surface area contributed by atoms with Crippen molar-refractivity contribution in [3.63, 3.8) is 0 Å². The molecule has 0 unspecified atom stereocenters. The number of carboxylic acid groups (broad SMARTS) is 1. The summed E-state index contributed by atoms with van der Waals surface area (Å²) in [5, 5.41) is 8.97. The van der Waals surface area contributed by atoms with Crippen LogP contribution >= 0.6 is 0 Å². The predicted octanol–water partition coefficient (Wildman–Crippen LogP) is 1.03. The van der Waals surface area contributed by atoms with Crippen LogP contribution in [0.4, 0.5) is 0 Å². The number of fused-ring (bicyclic) bond motifs is 1. The molecular weight excluding hydrogens is 270 g/mol. The summed E-state index contributed by atoms with van der Waals surface area (Å²) in [6, 6.07) is 6.25. The highest BCUT2D eigenvalue weighted by atomic mass is 16.5. The highest BCUT2D eigenvalue weighted by Crippen LogP contribution is 2.23. The fourth-order valence-electron chi connectivity index (χ4n) is 3.05. The standard InChI is InChI=1S/C16H19NO4/c18-15(17-6-7-21-14(10-17)16(19)20)9-11-4-5-12-2-1-3-13(12)8-11/h4-5,8,14H,1-3,6-7,9-10H2,(H,19,20)/t14-/m1/s1. The molecule has 1 aromatic carbocycles. The summed E-state index contributed by atoms with van der Waals surface area (Å²) in [5.74, 6) is -1.03. The molecule has 1 N–H and O–H groups in total. The molecule has 0 aromatic heterocycles. The average molecular weight is 289 g/mol. The SMILES string of the molecule is O=C(O)[C@H]1CN(C(=O)Cc2ccc3c(c2)CCC3)CCO1. The van der Waals surface area contributed by atoms with Gasteiger partial charge in [0.25, 0.3) is 0 Å². The van der Waals surface area contributed by atoms with E-state index < -0.39 is 12.1 Å². The van der Waals surface area contributed by atoms with Crippen molar-refractivity contribution in [3.05, 3.63) is 34.9 Å². The van der Waals surface area contributed by atoms with Crippen molar-refractivity contribution >= 4 is 11.9 Å². The van der Waals surface area contributed by atoms with E-state index in [0.29, 0.717) is 13.0 Å². The number of morpholine rings is 1. The van der Waals surface area contributed by atoms with Crippen molar-refractivity contribution < 1.29 is 19.4 Å². The van der Waals surface area contributed by atoms with Crippen LogP contribution in [0.3, 0.4) is 0 Å². The van der Waals surface area contributed by atoms with E-state index in [0.717, 1.165) is 18.4 Å². The van der Waals surface area contributed by atoms with E-state index in [2.05, 4.69) is 12.1 Å². The number of benzene rings is 1. The Morgan fingerprint density at radius 2 is 2.10 bits per heavy atom. The fraction of sp³-hybridized carbons (Fsp3) is 0.500. The first-order valence-corrected chi connectivity index (χ1v) is 7.36. The largest absolute Gasteiger partial charge is 0.479 e. The number of hydrogen-bond acceptors (Lipinski definition) is 3. The molecule has 112 valence electrons. The molecule has 1 saturated heterocycles. The van der Waals surface area contributed by atoms with Crippen LogP contribution in [-0.4, -0.2) is 47.7 Å². The summed E-state index contributed by atoms with van der Waals surface area (Å²) in [7, 11) is 0. The van der Waals surface area contributed by atoms with Crippen molar-refractivity contribution in [1.82, 2.24) is 4.90 Å². The predicted molar refractivity (Wildman–Crippen MR) is 76.1 cm³/mol. The van der Waals surface area contributed by atoms with Gasteiger partial charge in [0.2, 0.25) is 5.91 Å². The summed E-state index contributed by atoms with van der Waals surface area (Å²) < 4.78 is 5.14. The monoisotopic (exact) mass is 289 g/mol. The minimum Gasteiger partial charge on any atom is -0.479 e. The van der Waals surface area contributed by atoms with Crippen LogP contribution < -0.4 is 0 Å². The maximum Gasteiger partial charge on any atom is 0.334 e. The number of carbonyl (C=O) groups is 2. The van der Waals surface area contributed by atoms with Gasteiger partial charge in [-0.1, -0.05) is 18.2 Å². The van der Waals surface area contributed by atoms with Gasteiger partial charge in [-0.25, -0.2) is 4.79 Å². The molecule has 2 aliphatic rings. The van der Waals surface area contributed by atoms with E-state index >= 15 is 0 Å². The molecule has 5 heteroatoms. The Bertz CT molecular complexity index is 569. The highest BCUT2D eigenvalue weighted by molar-refractivity contribution is 5.80. The molecule has 1 atom stereocenters. The third kappa shape index (κ3) is 3.08. The molecule has 0 spiro atoms. The summed E-state index contributed by atoms with van der Waals surface area (Å²) in [5.41, 5.74) is 3.76. The molecule has 5 nitrogen and oxygen atoms in total. The van der Waals surface area contributed by atoms with E-state index in [1.807, 2.05) is 6.07 Å². The molecule has 21 heavy (non-hydrogen) atoms. The number of aryl methyl sites for hydroxylation is 2. The molecule has 1 aromatic rings. The van der Waals surface area contributed by atoms with Gasteiger partial charge in [0.05, 0.1) is 19.6 Å². The van der Waals surface area contributed by atoms with Crippen LogP contribution in [-0.2, 0) is 33.6 Å². The summed E-state index contributed by atoms with van der Waals surface area (Å²) in [6.45, 7) is 0.888. The van der Waals surface area contributed by atoms with Crippen molar-refractivity contribution in [2.24, 2.45) is 0 Å². The number of ether oxygens (including phenoxy) is 1. The second-order valence-electron chi connectivity index (χ2n) is 5.67. The lowest BCUT2D eigenvalue weighted by Crippen LogP contribution is -2.49. The zero-order valence-electron chi connectivity index (χ0n) is 11.9. The minimum atomic E-state index is -1.01. The van der Waals surface area contributed by atoms with Crippen molar-refractivity contribution in [2.45, 2.75) is 31.8 Å². The van der Waals surface area contributed by atoms with Crippen LogP contribution in [0.25, 0.3) is 0 Å². The van der Waals surface area contributed by atoms with E-state index in [9.17, 15) is 9.59 Å². The quantitative estimate of drug-likeness (QED) is 0.902. The Balaban J connectivity index is 1.64. The molecule has 1 fully saturated rings. The minimum absolute atomic E-state index is 0.0255. The number of aliphatic carboxylic acids is 1. The molecule has 3 rings (SSSR count). The van der Waals surface area contributed by atoms with Crippen molar-refractivity contribution in [2.75, 3.05) is 19.7 Å². The van der Waals surface area contributed by atoms with E-state index in [1.54, 1.807) is 4.90 Å². The molecule has 1 aliphatic carbocycles. The van der Waals surface area contributed by atoms with Gasteiger partial charge >= 0.3 is 5.97 Å². The number of amides is 1. The Morgan fingerprint density at radius 1 is 1.29 bits per heavy atom. The van der Waals surface area contributed by atoms with Gasteiger partial charge in [-0.2, -0.15) is 0 Å². The van der Waals surface area contributed by atoms with Gasteiger partial charge in [-0.05, 0) is 36.0 Å². The van der Waals surface area contributed by atoms with Crippen molar-refractivity contribution in [1.29, 1.82) is 0 Å². The number of hydrogen-bond donors (Lipinski definition) is 1. The summed E-state index contributed by atoms with van der Waals surface area (Å²) in [6.07, 6.45) is 2.85. The normalized spacial score (nSPS) is 21.1. The summed E-state index contributed by atoms with van der Waals surface area (Å²) in [4.78, 5) is 24.9. The molecule has 0 radical (unpaired) electrons. The van der Waals surface area contributed by atoms with Gasteiger partial charge in [0.1, 0.15) is 0 Å². The van der Waals surface area contributed by atoms with Gasteiger partial charge in [-0.15, -0.1) is 0 Å². The Labute approximate surface area is 123 Å². The van der Waals surface area contributed by atoms with Crippen LogP contribution in [0.2, 0.25) is 0 Å². The van der Waals surface area contributed by atoms with E-state index in [-0.39, 0.29) is 19.1 Å². The lowest BCUT2D eigenvalue weighted by molar-refractivity contribution is -0.159. The zero-order chi connectivity index (χ0) is 14.8. The molecule has 0 saturated carbocycles. The molecule has 1 heterocycles. The molecule has 1 amide bonds. The smallest absolute Gasteiger partial charge is 0.334 e. The number of nitrogens with zero attached hydrogens (tertiary/aromatic N) is 1. The lowest BCUT2D eigenvalue weighted by Gasteiger charge is -2.31. The second kappa shape index (κ2) is 5.85. The van der Waals surface area contributed by atoms with Crippen LogP contribution in [0, 0.1) is 0 Å². The number of carboxylic acids is 1. The maximum atomic E-state index is 12.3. The van der Waals surface area contributed by atoms with Gasteiger partial charge in [0, 0.05) is 6.54 Å². The first-order chi connectivity index (χ1) is 10.1. The van der Waals surface area contributed by atoms with Gasteiger partial charge in [-0.3, -0.25) is 4.79 Å². The first-order valence-electron chi connectivity index (χ1n) is 7.36. The van der Waals surface area contributed by atoms with Crippen LogP contribution in [0.15, 0.2) is 18.2 Å². The average Bonchev–Trinajstić information content (AvgIpc) is 2.95. The van der Waals surface area contributed by atoms with E-state index in [4.69, 9.17) is 9.84 Å². The van der Waals surface area contributed by atoms with Crippen LogP contribution in [0.1, 0.15) is 23.1 Å². The highest BCUT2D eigenvalue weighted by Gasteiger charge is 2.28. The van der Waals surface area contributed by atoms with E-state index in [1.165, 1.54) is 17.5 Å². The number of carbonyl (C=O) groups excluding carboxylic acids is 1. The van der Waals surface area contributed by atoms with Gasteiger partial charge < -0.3 is 14.7 Å². The maximum absolute atomic E-state index is 12.3. The van der Waals surface area contributed by atoms with Crippen molar-refractivity contribution in [3.8, 4) is 0 Å². The Hall–Kier alpha value is -1.88. The Morgan fingerprint density at radius 3 is 2.90 bits per heavy atom. The fourth-order valence-corrected chi connectivity index (χ4v) is 3.05. The van der Waals surface area contributed by atoms with Crippen LogP contribution in [0.5, 0.6) is 0 Å². The first kappa shape index (κ1) is 14.1.